The number of rotatable bonds is 3. The number of aromatic nitrogens is 2. The van der Waals surface area contributed by atoms with Gasteiger partial charge in [0, 0.05) is 11.9 Å². The largest absolute Gasteiger partial charge is 0.497 e. The van der Waals surface area contributed by atoms with Crippen LogP contribution in [0.15, 0.2) is 35.3 Å². The molecule has 18 heavy (non-hydrogen) atoms. The average Bonchev–Trinajstić information content (AvgIpc) is 2.40. The zero-order valence-corrected chi connectivity index (χ0v) is 10.4. The molecule has 0 atom stereocenters. The van der Waals surface area contributed by atoms with Crippen LogP contribution < -0.4 is 16.0 Å². The van der Waals surface area contributed by atoms with E-state index in [2.05, 4.69) is 4.98 Å². The second kappa shape index (κ2) is 4.91. The van der Waals surface area contributed by atoms with E-state index in [0.29, 0.717) is 6.54 Å². The second-order valence-corrected chi connectivity index (χ2v) is 4.02. The topological polar surface area (TPSA) is 70.1 Å². The third-order valence-electron chi connectivity index (χ3n) is 2.78. The molecule has 1 heterocycles. The standard InChI is InChI=1S/C13H15N3O2/c1-9-7-15-12(14)13(17)16(9)8-10-3-5-11(18-2)6-4-10/h3-7H,8H2,1-2H3,(H2,14,15). The molecule has 1 aromatic heterocycles. The third kappa shape index (κ3) is 2.34. The van der Waals surface area contributed by atoms with Gasteiger partial charge in [0.05, 0.1) is 13.7 Å². The number of benzene rings is 1. The van der Waals surface area contributed by atoms with E-state index < -0.39 is 0 Å². The van der Waals surface area contributed by atoms with Gasteiger partial charge in [-0.3, -0.25) is 4.79 Å². The zero-order chi connectivity index (χ0) is 13.1. The van der Waals surface area contributed by atoms with Crippen molar-refractivity contribution in [2.24, 2.45) is 0 Å². The molecule has 0 amide bonds. The lowest BCUT2D eigenvalue weighted by molar-refractivity contribution is 0.414. The normalized spacial score (nSPS) is 10.3. The summed E-state index contributed by atoms with van der Waals surface area (Å²) >= 11 is 0. The fourth-order valence-corrected chi connectivity index (χ4v) is 1.70. The molecule has 0 fully saturated rings. The van der Waals surface area contributed by atoms with Gasteiger partial charge in [-0.05, 0) is 24.6 Å². The van der Waals surface area contributed by atoms with Gasteiger partial charge in [-0.15, -0.1) is 0 Å². The molecular formula is C13H15N3O2. The summed E-state index contributed by atoms with van der Waals surface area (Å²) in [4.78, 5) is 15.7. The summed E-state index contributed by atoms with van der Waals surface area (Å²) in [7, 11) is 1.62. The molecule has 2 rings (SSSR count). The van der Waals surface area contributed by atoms with E-state index in [-0.39, 0.29) is 11.4 Å². The van der Waals surface area contributed by atoms with E-state index in [1.807, 2.05) is 31.2 Å². The summed E-state index contributed by atoms with van der Waals surface area (Å²) in [5.41, 5.74) is 7.05. The molecule has 0 aliphatic rings. The molecule has 2 aromatic rings. The van der Waals surface area contributed by atoms with Gasteiger partial charge < -0.3 is 15.0 Å². The maximum Gasteiger partial charge on any atom is 0.293 e. The number of hydrogen-bond acceptors (Lipinski definition) is 4. The summed E-state index contributed by atoms with van der Waals surface area (Å²) in [6.07, 6.45) is 1.60. The maximum atomic E-state index is 11.9. The van der Waals surface area contributed by atoms with Crippen LogP contribution in [0, 0.1) is 6.92 Å². The van der Waals surface area contributed by atoms with Gasteiger partial charge in [0.15, 0.2) is 5.82 Å². The molecule has 0 unspecified atom stereocenters. The Balaban J connectivity index is 2.33. The summed E-state index contributed by atoms with van der Waals surface area (Å²) in [5, 5.41) is 0. The van der Waals surface area contributed by atoms with E-state index >= 15 is 0 Å². The van der Waals surface area contributed by atoms with Gasteiger partial charge in [-0.25, -0.2) is 4.98 Å². The van der Waals surface area contributed by atoms with Crippen LogP contribution in [0.1, 0.15) is 11.3 Å². The van der Waals surface area contributed by atoms with Crippen LogP contribution in [0.2, 0.25) is 0 Å². The molecule has 5 heteroatoms. The number of aryl methyl sites for hydroxylation is 1. The molecule has 0 spiro atoms. The average molecular weight is 245 g/mol. The van der Waals surface area contributed by atoms with E-state index in [4.69, 9.17) is 10.5 Å². The van der Waals surface area contributed by atoms with E-state index in [1.54, 1.807) is 17.9 Å². The molecule has 0 aliphatic carbocycles. The summed E-state index contributed by atoms with van der Waals surface area (Å²) in [6, 6.07) is 7.56. The van der Waals surface area contributed by atoms with Crippen molar-refractivity contribution in [1.82, 2.24) is 9.55 Å². The molecule has 0 bridgehead atoms. The Labute approximate surface area is 105 Å². The molecule has 0 saturated carbocycles. The Morgan fingerprint density at radius 2 is 2.00 bits per heavy atom. The fourth-order valence-electron chi connectivity index (χ4n) is 1.70. The van der Waals surface area contributed by atoms with Crippen molar-refractivity contribution in [2.45, 2.75) is 13.5 Å². The monoisotopic (exact) mass is 245 g/mol. The maximum absolute atomic E-state index is 11.9. The first-order valence-corrected chi connectivity index (χ1v) is 5.56. The highest BCUT2D eigenvalue weighted by Crippen LogP contribution is 2.12. The number of anilines is 1. The molecule has 1 aromatic carbocycles. The van der Waals surface area contributed by atoms with Gasteiger partial charge in [-0.1, -0.05) is 12.1 Å². The van der Waals surface area contributed by atoms with Gasteiger partial charge in [-0.2, -0.15) is 0 Å². The van der Waals surface area contributed by atoms with Crippen LogP contribution in [0.25, 0.3) is 0 Å². The first-order valence-electron chi connectivity index (χ1n) is 5.56. The zero-order valence-electron chi connectivity index (χ0n) is 10.4. The fraction of sp³-hybridized carbons (Fsp3) is 0.231. The Kier molecular flexibility index (Phi) is 3.32. The minimum absolute atomic E-state index is 0.0223. The predicted molar refractivity (Wildman–Crippen MR) is 69.7 cm³/mol. The van der Waals surface area contributed by atoms with Gasteiger partial charge in [0.1, 0.15) is 5.75 Å². The Bertz CT molecular complexity index is 603. The molecular weight excluding hydrogens is 230 g/mol. The van der Waals surface area contributed by atoms with Crippen LogP contribution in [0.3, 0.4) is 0 Å². The molecule has 2 N–H and O–H groups in total. The second-order valence-electron chi connectivity index (χ2n) is 4.02. The summed E-state index contributed by atoms with van der Waals surface area (Å²) in [6.45, 7) is 2.30. The Morgan fingerprint density at radius 1 is 1.33 bits per heavy atom. The minimum atomic E-state index is -0.259. The van der Waals surface area contributed by atoms with Crippen molar-refractivity contribution >= 4 is 5.82 Å². The minimum Gasteiger partial charge on any atom is -0.497 e. The molecule has 0 aliphatic heterocycles. The number of nitrogens with zero attached hydrogens (tertiary/aromatic N) is 2. The van der Waals surface area contributed by atoms with Gasteiger partial charge in [0.25, 0.3) is 5.56 Å². The highest BCUT2D eigenvalue weighted by Gasteiger charge is 2.05. The van der Waals surface area contributed by atoms with Gasteiger partial charge >= 0.3 is 0 Å². The van der Waals surface area contributed by atoms with Crippen molar-refractivity contribution in [1.29, 1.82) is 0 Å². The number of hydrogen-bond donors (Lipinski definition) is 1. The predicted octanol–water partition coefficient (Wildman–Crippen LogP) is 1.19. The first kappa shape index (κ1) is 12.2. The SMILES string of the molecule is COc1ccc(Cn2c(C)cnc(N)c2=O)cc1. The highest BCUT2D eigenvalue weighted by molar-refractivity contribution is 5.29. The van der Waals surface area contributed by atoms with Crippen molar-refractivity contribution in [3.63, 3.8) is 0 Å². The Morgan fingerprint density at radius 3 is 2.61 bits per heavy atom. The first-order chi connectivity index (χ1) is 8.61. The number of nitrogens with two attached hydrogens (primary N) is 1. The molecule has 0 radical (unpaired) electrons. The highest BCUT2D eigenvalue weighted by atomic mass is 16.5. The smallest absolute Gasteiger partial charge is 0.293 e. The van der Waals surface area contributed by atoms with Crippen LogP contribution in [-0.2, 0) is 6.54 Å². The quantitative estimate of drug-likeness (QED) is 0.881. The third-order valence-corrected chi connectivity index (χ3v) is 2.78. The van der Waals surface area contributed by atoms with Crippen LogP contribution in [0.4, 0.5) is 5.82 Å². The van der Waals surface area contributed by atoms with Crippen molar-refractivity contribution in [2.75, 3.05) is 12.8 Å². The van der Waals surface area contributed by atoms with Crippen molar-refractivity contribution in [3.05, 3.63) is 52.1 Å². The lowest BCUT2D eigenvalue weighted by atomic mass is 10.2. The van der Waals surface area contributed by atoms with E-state index in [9.17, 15) is 4.79 Å². The van der Waals surface area contributed by atoms with Crippen molar-refractivity contribution in [3.8, 4) is 5.75 Å². The molecule has 94 valence electrons. The van der Waals surface area contributed by atoms with Crippen molar-refractivity contribution < 1.29 is 4.74 Å². The number of nitrogen functional groups attached to an aromatic ring is 1. The lowest BCUT2D eigenvalue weighted by Gasteiger charge is -2.10. The summed E-state index contributed by atoms with van der Waals surface area (Å²) < 4.78 is 6.69. The summed E-state index contributed by atoms with van der Waals surface area (Å²) in [5.74, 6) is 0.811. The van der Waals surface area contributed by atoms with E-state index in [0.717, 1.165) is 17.0 Å². The van der Waals surface area contributed by atoms with Crippen LogP contribution >= 0.6 is 0 Å². The van der Waals surface area contributed by atoms with Gasteiger partial charge in [0.2, 0.25) is 0 Å². The lowest BCUT2D eigenvalue weighted by Crippen LogP contribution is -2.26. The Hall–Kier alpha value is -2.30. The van der Waals surface area contributed by atoms with Crippen LogP contribution in [0.5, 0.6) is 5.75 Å². The number of methoxy groups -OCH3 is 1. The van der Waals surface area contributed by atoms with E-state index in [1.165, 1.54) is 0 Å². The number of ether oxygens (including phenoxy) is 1. The molecule has 5 nitrogen and oxygen atoms in total. The molecule has 0 saturated heterocycles. The van der Waals surface area contributed by atoms with Crippen LogP contribution in [-0.4, -0.2) is 16.7 Å².